The van der Waals surface area contributed by atoms with E-state index >= 15 is 0 Å². The number of nitrogens with one attached hydrogen (secondary N) is 1. The Morgan fingerprint density at radius 2 is 1.67 bits per heavy atom. The maximum atomic E-state index is 3.17. The fourth-order valence-corrected chi connectivity index (χ4v) is 2.08. The van der Waals surface area contributed by atoms with Crippen molar-refractivity contribution in [2.45, 2.75) is 39.0 Å². The summed E-state index contributed by atoms with van der Waals surface area (Å²) in [6, 6.07) is 0. The highest BCUT2D eigenvalue weighted by atomic mass is 32.2. The first-order chi connectivity index (χ1) is 5.91. The fourth-order valence-electron chi connectivity index (χ4n) is 1.06. The van der Waals surface area contributed by atoms with E-state index in [2.05, 4.69) is 24.0 Å². The number of hydrogen-bond acceptors (Lipinski definition) is 2. The van der Waals surface area contributed by atoms with Crippen LogP contribution < -0.4 is 5.32 Å². The molecule has 1 nitrogen and oxygen atoms in total. The maximum absolute atomic E-state index is 3.17. The lowest BCUT2D eigenvalue weighted by atomic mass is 10.3. The monoisotopic (exact) mass is 189 g/mol. The number of unbranched alkanes of at least 4 members (excludes halogenated alkanes) is 3. The molecule has 0 saturated carbocycles. The van der Waals surface area contributed by atoms with Crippen molar-refractivity contribution in [2.24, 2.45) is 0 Å². The molecule has 74 valence electrons. The van der Waals surface area contributed by atoms with Gasteiger partial charge >= 0.3 is 0 Å². The molecule has 0 fully saturated rings. The SMILES string of the molecule is CCCCCSCCCCNC. The van der Waals surface area contributed by atoms with Crippen LogP contribution in [0.5, 0.6) is 0 Å². The fraction of sp³-hybridized carbons (Fsp3) is 1.00. The minimum absolute atomic E-state index is 1.18. The predicted octanol–water partition coefficient (Wildman–Crippen LogP) is 2.91. The van der Waals surface area contributed by atoms with Crippen LogP contribution in [0.3, 0.4) is 0 Å². The van der Waals surface area contributed by atoms with Crippen LogP contribution in [0.15, 0.2) is 0 Å². The highest BCUT2D eigenvalue weighted by Crippen LogP contribution is 2.08. The van der Waals surface area contributed by atoms with Gasteiger partial charge in [-0.2, -0.15) is 11.8 Å². The van der Waals surface area contributed by atoms with Gasteiger partial charge in [-0.3, -0.25) is 0 Å². The number of thioether (sulfide) groups is 1. The first-order valence-electron chi connectivity index (χ1n) is 5.14. The van der Waals surface area contributed by atoms with E-state index in [0.717, 1.165) is 0 Å². The summed E-state index contributed by atoms with van der Waals surface area (Å²) in [7, 11) is 2.02. The molecule has 0 spiro atoms. The van der Waals surface area contributed by atoms with E-state index in [1.165, 1.54) is 50.2 Å². The van der Waals surface area contributed by atoms with Crippen LogP contribution >= 0.6 is 11.8 Å². The molecule has 0 atom stereocenters. The average Bonchev–Trinajstić information content (AvgIpc) is 2.10. The molecule has 0 aliphatic rings. The average molecular weight is 189 g/mol. The van der Waals surface area contributed by atoms with E-state index in [-0.39, 0.29) is 0 Å². The van der Waals surface area contributed by atoms with Gasteiger partial charge < -0.3 is 5.32 Å². The second-order valence-electron chi connectivity index (χ2n) is 3.13. The van der Waals surface area contributed by atoms with Crippen molar-refractivity contribution >= 4 is 11.8 Å². The molecule has 1 N–H and O–H groups in total. The maximum Gasteiger partial charge on any atom is -0.00516 e. The number of rotatable bonds is 9. The second-order valence-corrected chi connectivity index (χ2v) is 4.35. The summed E-state index contributed by atoms with van der Waals surface area (Å²) in [5, 5.41) is 3.17. The van der Waals surface area contributed by atoms with Crippen molar-refractivity contribution < 1.29 is 0 Å². The molecule has 0 aromatic rings. The molecule has 0 unspecified atom stereocenters. The van der Waals surface area contributed by atoms with Crippen molar-refractivity contribution in [1.82, 2.24) is 5.32 Å². The Bertz CT molecular complexity index is 66.2. The van der Waals surface area contributed by atoms with E-state index in [9.17, 15) is 0 Å². The highest BCUT2D eigenvalue weighted by molar-refractivity contribution is 7.99. The molecule has 0 saturated heterocycles. The van der Waals surface area contributed by atoms with Crippen LogP contribution in [0.25, 0.3) is 0 Å². The van der Waals surface area contributed by atoms with Gasteiger partial charge in [0, 0.05) is 0 Å². The number of hydrogen-bond donors (Lipinski definition) is 1. The smallest absolute Gasteiger partial charge is 0.00516 e. The lowest BCUT2D eigenvalue weighted by Gasteiger charge is -2.00. The van der Waals surface area contributed by atoms with Crippen LogP contribution in [0, 0.1) is 0 Å². The third kappa shape index (κ3) is 10.3. The molecule has 0 aromatic carbocycles. The topological polar surface area (TPSA) is 12.0 Å². The standard InChI is InChI=1S/C10H23NS/c1-3-4-6-9-12-10-7-5-8-11-2/h11H,3-10H2,1-2H3. The molecule has 2 heteroatoms. The van der Waals surface area contributed by atoms with Gasteiger partial charge in [-0.15, -0.1) is 0 Å². The Hall–Kier alpha value is 0.310. The van der Waals surface area contributed by atoms with E-state index < -0.39 is 0 Å². The zero-order valence-corrected chi connectivity index (χ0v) is 9.38. The zero-order valence-electron chi connectivity index (χ0n) is 8.57. The van der Waals surface area contributed by atoms with Gasteiger partial charge in [0.15, 0.2) is 0 Å². The summed E-state index contributed by atoms with van der Waals surface area (Å²) in [6.07, 6.45) is 6.87. The first kappa shape index (κ1) is 12.3. The van der Waals surface area contributed by atoms with Gasteiger partial charge in [-0.1, -0.05) is 19.8 Å². The summed E-state index contributed by atoms with van der Waals surface area (Å²) in [4.78, 5) is 0. The van der Waals surface area contributed by atoms with Gasteiger partial charge in [0.2, 0.25) is 0 Å². The van der Waals surface area contributed by atoms with Crippen molar-refractivity contribution in [3.63, 3.8) is 0 Å². The summed E-state index contributed by atoms with van der Waals surface area (Å²) in [6.45, 7) is 3.44. The molecule has 0 aliphatic carbocycles. The van der Waals surface area contributed by atoms with Gasteiger partial charge in [0.25, 0.3) is 0 Å². The predicted molar refractivity (Wildman–Crippen MR) is 60.0 cm³/mol. The Kier molecular flexibility index (Phi) is 11.6. The lowest BCUT2D eigenvalue weighted by molar-refractivity contribution is 0.714. The van der Waals surface area contributed by atoms with E-state index in [4.69, 9.17) is 0 Å². The summed E-state index contributed by atoms with van der Waals surface area (Å²) >= 11 is 2.12. The van der Waals surface area contributed by atoms with Crippen LogP contribution in [-0.4, -0.2) is 25.1 Å². The first-order valence-corrected chi connectivity index (χ1v) is 6.29. The largest absolute Gasteiger partial charge is 0.320 e. The lowest BCUT2D eigenvalue weighted by Crippen LogP contribution is -2.07. The van der Waals surface area contributed by atoms with E-state index in [1.54, 1.807) is 0 Å². The van der Waals surface area contributed by atoms with Crippen molar-refractivity contribution in [1.29, 1.82) is 0 Å². The van der Waals surface area contributed by atoms with Crippen LogP contribution in [-0.2, 0) is 0 Å². The molecule has 0 aromatic heterocycles. The van der Waals surface area contributed by atoms with Crippen molar-refractivity contribution in [2.75, 3.05) is 25.1 Å². The molecule has 0 amide bonds. The Labute approximate surface area is 81.7 Å². The molecule has 12 heavy (non-hydrogen) atoms. The molecular weight excluding hydrogens is 166 g/mol. The highest BCUT2D eigenvalue weighted by Gasteiger charge is 1.89. The van der Waals surface area contributed by atoms with Gasteiger partial charge in [-0.25, -0.2) is 0 Å². The van der Waals surface area contributed by atoms with Gasteiger partial charge in [0.05, 0.1) is 0 Å². The Balaban J connectivity index is 2.73. The van der Waals surface area contributed by atoms with Gasteiger partial charge in [-0.05, 0) is 44.4 Å². The molecular formula is C10H23NS. The van der Waals surface area contributed by atoms with Crippen LogP contribution in [0.1, 0.15) is 39.0 Å². The Morgan fingerprint density at radius 1 is 1.00 bits per heavy atom. The van der Waals surface area contributed by atoms with Crippen LogP contribution in [0.2, 0.25) is 0 Å². The van der Waals surface area contributed by atoms with Crippen molar-refractivity contribution in [3.8, 4) is 0 Å². The van der Waals surface area contributed by atoms with Crippen LogP contribution in [0.4, 0.5) is 0 Å². The Morgan fingerprint density at radius 3 is 2.25 bits per heavy atom. The normalized spacial score (nSPS) is 10.5. The quantitative estimate of drug-likeness (QED) is 0.560. The van der Waals surface area contributed by atoms with Gasteiger partial charge in [0.1, 0.15) is 0 Å². The second kappa shape index (κ2) is 11.3. The van der Waals surface area contributed by atoms with E-state index in [1.807, 2.05) is 7.05 Å². The molecule has 0 bridgehead atoms. The molecule has 0 aliphatic heterocycles. The molecule has 0 radical (unpaired) electrons. The minimum Gasteiger partial charge on any atom is -0.320 e. The third-order valence-corrected chi connectivity index (χ3v) is 3.01. The van der Waals surface area contributed by atoms with Crippen molar-refractivity contribution in [3.05, 3.63) is 0 Å². The summed E-state index contributed by atoms with van der Waals surface area (Å²) in [5.74, 6) is 2.72. The summed E-state index contributed by atoms with van der Waals surface area (Å²) < 4.78 is 0. The molecule has 0 heterocycles. The van der Waals surface area contributed by atoms with E-state index in [0.29, 0.717) is 0 Å². The minimum atomic E-state index is 1.18. The third-order valence-electron chi connectivity index (χ3n) is 1.86. The molecule has 0 rings (SSSR count). The zero-order chi connectivity index (χ0) is 9.07. The summed E-state index contributed by atoms with van der Waals surface area (Å²) in [5.41, 5.74) is 0.